The quantitative estimate of drug-likeness (QED) is 0.524. The molecule has 168 valence electrons. The van der Waals surface area contributed by atoms with Crippen LogP contribution in [0.1, 0.15) is 30.0 Å². The highest BCUT2D eigenvalue weighted by molar-refractivity contribution is 6.06. The standard InChI is InChI=1S/C23H28N6O3/c1-31-22-18(24-8-4-5-9-28-10-12-32-13-11-28)14-29-21(22)20(25-15-26-29)19-16-6-2-3-7-17(16)27-23(19)30/h2-3,6-7,14-15,19,24H,4-5,8-13H2,1H3,(H,27,30). The Hall–Kier alpha value is -3.17. The maximum Gasteiger partial charge on any atom is 0.238 e. The molecule has 2 aromatic heterocycles. The summed E-state index contributed by atoms with van der Waals surface area (Å²) in [5.74, 6) is 0.0699. The molecule has 1 saturated heterocycles. The number of para-hydroxylation sites is 1. The van der Waals surface area contributed by atoms with Gasteiger partial charge in [0.1, 0.15) is 17.8 Å². The lowest BCUT2D eigenvalue weighted by Gasteiger charge is -2.26. The zero-order valence-electron chi connectivity index (χ0n) is 18.2. The van der Waals surface area contributed by atoms with Gasteiger partial charge in [0.25, 0.3) is 0 Å². The summed E-state index contributed by atoms with van der Waals surface area (Å²) in [6.07, 6.45) is 5.55. The molecule has 9 nitrogen and oxygen atoms in total. The van der Waals surface area contributed by atoms with Crippen LogP contribution in [0.4, 0.5) is 11.4 Å². The zero-order chi connectivity index (χ0) is 21.9. The Bertz CT molecular complexity index is 1110. The molecule has 1 aromatic carbocycles. The summed E-state index contributed by atoms with van der Waals surface area (Å²) in [5, 5.41) is 10.8. The van der Waals surface area contributed by atoms with Gasteiger partial charge in [0.2, 0.25) is 5.91 Å². The molecule has 5 rings (SSSR count). The number of benzene rings is 1. The number of nitrogens with zero attached hydrogens (tertiary/aromatic N) is 4. The lowest BCUT2D eigenvalue weighted by atomic mass is 9.96. The van der Waals surface area contributed by atoms with Gasteiger partial charge >= 0.3 is 0 Å². The summed E-state index contributed by atoms with van der Waals surface area (Å²) >= 11 is 0. The zero-order valence-corrected chi connectivity index (χ0v) is 18.2. The third-order valence-electron chi connectivity index (χ3n) is 6.15. The van der Waals surface area contributed by atoms with E-state index in [1.54, 1.807) is 11.6 Å². The van der Waals surface area contributed by atoms with Crippen molar-refractivity contribution >= 4 is 22.8 Å². The third kappa shape index (κ3) is 3.89. The van der Waals surface area contributed by atoms with E-state index in [0.717, 1.165) is 69.2 Å². The van der Waals surface area contributed by atoms with E-state index in [0.29, 0.717) is 17.0 Å². The number of hydrogen-bond acceptors (Lipinski definition) is 7. The second-order valence-corrected chi connectivity index (χ2v) is 8.11. The van der Waals surface area contributed by atoms with Crippen molar-refractivity contribution in [1.29, 1.82) is 0 Å². The van der Waals surface area contributed by atoms with Crippen LogP contribution in [-0.4, -0.2) is 71.9 Å². The van der Waals surface area contributed by atoms with Crippen molar-refractivity contribution < 1.29 is 14.3 Å². The monoisotopic (exact) mass is 436 g/mol. The number of carbonyl (C=O) groups is 1. The summed E-state index contributed by atoms with van der Waals surface area (Å²) in [4.78, 5) is 19.8. The van der Waals surface area contributed by atoms with Gasteiger partial charge in [-0.2, -0.15) is 5.10 Å². The number of ether oxygens (including phenoxy) is 2. The summed E-state index contributed by atoms with van der Waals surface area (Å²) in [6, 6.07) is 7.71. The van der Waals surface area contributed by atoms with E-state index >= 15 is 0 Å². The molecular weight excluding hydrogens is 408 g/mol. The first-order valence-corrected chi connectivity index (χ1v) is 11.1. The van der Waals surface area contributed by atoms with Crippen molar-refractivity contribution in [1.82, 2.24) is 19.5 Å². The van der Waals surface area contributed by atoms with Crippen LogP contribution >= 0.6 is 0 Å². The number of amides is 1. The van der Waals surface area contributed by atoms with Gasteiger partial charge < -0.3 is 20.1 Å². The van der Waals surface area contributed by atoms with Crippen LogP contribution in [-0.2, 0) is 9.53 Å². The highest BCUT2D eigenvalue weighted by Gasteiger charge is 2.35. The summed E-state index contributed by atoms with van der Waals surface area (Å²) < 4.78 is 12.9. The van der Waals surface area contributed by atoms with Crippen molar-refractivity contribution in [2.75, 3.05) is 57.1 Å². The number of aromatic nitrogens is 3. The second kappa shape index (κ2) is 9.13. The Balaban J connectivity index is 1.34. The van der Waals surface area contributed by atoms with Crippen LogP contribution in [0.25, 0.3) is 5.52 Å². The highest BCUT2D eigenvalue weighted by atomic mass is 16.5. The van der Waals surface area contributed by atoms with Gasteiger partial charge in [0.15, 0.2) is 5.75 Å². The minimum atomic E-state index is -0.498. The van der Waals surface area contributed by atoms with Crippen LogP contribution in [0.2, 0.25) is 0 Å². The minimum absolute atomic E-state index is 0.0901. The van der Waals surface area contributed by atoms with E-state index in [-0.39, 0.29) is 5.91 Å². The fourth-order valence-electron chi connectivity index (χ4n) is 4.54. The largest absolute Gasteiger partial charge is 0.492 e. The Labute approximate surface area is 186 Å². The molecule has 1 atom stereocenters. The van der Waals surface area contributed by atoms with Gasteiger partial charge in [-0.05, 0) is 31.0 Å². The van der Waals surface area contributed by atoms with Crippen LogP contribution in [0, 0.1) is 0 Å². The molecule has 3 aromatic rings. The van der Waals surface area contributed by atoms with Crippen molar-refractivity contribution in [3.8, 4) is 5.75 Å². The Morgan fingerprint density at radius 1 is 1.25 bits per heavy atom. The molecule has 0 saturated carbocycles. The summed E-state index contributed by atoms with van der Waals surface area (Å²) in [5.41, 5.74) is 3.94. The molecule has 2 N–H and O–H groups in total. The van der Waals surface area contributed by atoms with E-state index in [1.807, 2.05) is 30.5 Å². The topological polar surface area (TPSA) is 93.0 Å². The summed E-state index contributed by atoms with van der Waals surface area (Å²) in [6.45, 7) is 5.62. The van der Waals surface area contributed by atoms with Gasteiger partial charge in [-0.1, -0.05) is 18.2 Å². The molecule has 4 heterocycles. The predicted molar refractivity (Wildman–Crippen MR) is 121 cm³/mol. The fourth-order valence-corrected chi connectivity index (χ4v) is 4.54. The Kier molecular flexibility index (Phi) is 5.91. The average molecular weight is 437 g/mol. The van der Waals surface area contributed by atoms with E-state index in [4.69, 9.17) is 9.47 Å². The summed E-state index contributed by atoms with van der Waals surface area (Å²) in [7, 11) is 1.64. The number of rotatable bonds is 8. The number of anilines is 2. The molecule has 1 amide bonds. The number of carbonyl (C=O) groups excluding carboxylic acids is 1. The van der Waals surface area contributed by atoms with Crippen LogP contribution in [0.15, 0.2) is 36.8 Å². The smallest absolute Gasteiger partial charge is 0.238 e. The second-order valence-electron chi connectivity index (χ2n) is 8.11. The molecule has 1 unspecified atom stereocenters. The first-order chi connectivity index (χ1) is 15.8. The van der Waals surface area contributed by atoms with Crippen LogP contribution in [0.3, 0.4) is 0 Å². The highest BCUT2D eigenvalue weighted by Crippen LogP contribution is 2.41. The van der Waals surface area contributed by atoms with Gasteiger partial charge in [0.05, 0.1) is 37.9 Å². The lowest BCUT2D eigenvalue weighted by molar-refractivity contribution is -0.116. The molecule has 0 aliphatic carbocycles. The Morgan fingerprint density at radius 2 is 2.09 bits per heavy atom. The van der Waals surface area contributed by atoms with E-state index in [2.05, 4.69) is 25.6 Å². The number of methoxy groups -OCH3 is 1. The molecular formula is C23H28N6O3. The normalized spacial score (nSPS) is 18.5. The van der Waals surface area contributed by atoms with Crippen LogP contribution in [0.5, 0.6) is 5.75 Å². The maximum atomic E-state index is 12.8. The van der Waals surface area contributed by atoms with Crippen molar-refractivity contribution in [2.45, 2.75) is 18.8 Å². The SMILES string of the molecule is COc1c(NCCCCN2CCOCC2)cn2ncnc(C3C(=O)Nc4ccccc43)c12. The lowest BCUT2D eigenvalue weighted by Crippen LogP contribution is -2.36. The van der Waals surface area contributed by atoms with Crippen molar-refractivity contribution in [3.05, 3.63) is 48.0 Å². The molecule has 0 radical (unpaired) electrons. The van der Waals surface area contributed by atoms with Gasteiger partial charge in [-0.3, -0.25) is 9.69 Å². The first-order valence-electron chi connectivity index (χ1n) is 11.1. The molecule has 0 bridgehead atoms. The van der Waals surface area contributed by atoms with Crippen molar-refractivity contribution in [2.24, 2.45) is 0 Å². The molecule has 32 heavy (non-hydrogen) atoms. The number of hydrogen-bond donors (Lipinski definition) is 2. The maximum absolute atomic E-state index is 12.8. The van der Waals surface area contributed by atoms with Gasteiger partial charge in [-0.15, -0.1) is 0 Å². The average Bonchev–Trinajstić information content (AvgIpc) is 3.35. The minimum Gasteiger partial charge on any atom is -0.492 e. The molecule has 9 heteroatoms. The van der Waals surface area contributed by atoms with E-state index in [9.17, 15) is 4.79 Å². The van der Waals surface area contributed by atoms with Crippen molar-refractivity contribution in [3.63, 3.8) is 0 Å². The molecule has 0 spiro atoms. The van der Waals surface area contributed by atoms with E-state index in [1.165, 1.54) is 6.33 Å². The molecule has 2 aliphatic rings. The van der Waals surface area contributed by atoms with Gasteiger partial charge in [-0.25, -0.2) is 9.50 Å². The predicted octanol–water partition coefficient (Wildman–Crippen LogP) is 2.35. The number of fused-ring (bicyclic) bond motifs is 2. The van der Waals surface area contributed by atoms with E-state index < -0.39 is 5.92 Å². The number of unbranched alkanes of at least 4 members (excludes halogenated alkanes) is 1. The van der Waals surface area contributed by atoms with Gasteiger partial charge in [0, 0.05) is 25.3 Å². The fraction of sp³-hybridized carbons (Fsp3) is 0.435. The molecule has 1 fully saturated rings. The Morgan fingerprint density at radius 3 is 2.94 bits per heavy atom. The third-order valence-corrected chi connectivity index (χ3v) is 6.15. The molecule has 2 aliphatic heterocycles. The number of nitrogens with one attached hydrogen (secondary N) is 2. The first kappa shape index (κ1) is 20.7. The number of morpholine rings is 1. The van der Waals surface area contributed by atoms with Crippen LogP contribution < -0.4 is 15.4 Å².